The van der Waals surface area contributed by atoms with Gasteiger partial charge in [0, 0.05) is 22.7 Å². The lowest BCUT2D eigenvalue weighted by Gasteiger charge is -2.10. The van der Waals surface area contributed by atoms with Crippen molar-refractivity contribution >= 4 is 47.0 Å². The molecule has 1 aromatic heterocycles. The highest BCUT2D eigenvalue weighted by Gasteiger charge is 2.09. The topological polar surface area (TPSA) is 63.3 Å². The van der Waals surface area contributed by atoms with Gasteiger partial charge in [0.15, 0.2) is 5.96 Å². The van der Waals surface area contributed by atoms with Gasteiger partial charge in [0.2, 0.25) is 0 Å². The van der Waals surface area contributed by atoms with E-state index in [9.17, 15) is 0 Å². The second-order valence-corrected chi connectivity index (χ2v) is 7.11. The molecule has 0 aliphatic heterocycles. The number of halogens is 1. The van der Waals surface area contributed by atoms with E-state index in [4.69, 9.17) is 5.73 Å². The van der Waals surface area contributed by atoms with E-state index in [1.54, 1.807) is 11.3 Å². The van der Waals surface area contributed by atoms with Gasteiger partial charge in [0.05, 0.1) is 11.6 Å². The predicted octanol–water partition coefficient (Wildman–Crippen LogP) is 4.72. The number of nitrogens with one attached hydrogen (secondary N) is 1. The van der Waals surface area contributed by atoms with Crippen LogP contribution in [0.1, 0.15) is 48.1 Å². The Labute approximate surface area is 159 Å². The van der Waals surface area contributed by atoms with Crippen LogP contribution in [0.2, 0.25) is 0 Å². The molecular formula is C17H25IN4S. The standard InChI is InChI=1S/C17H24N4S.HI/c1-11(2)14-6-5-7-15(8-14)21-17(18)20-9-12(3)16-19-10-13(4)22-16;/h5-8,10-12H,9H2,1-4H3,(H3,18,20,21);1H. The Balaban J connectivity index is 0.00000264. The Morgan fingerprint density at radius 2 is 2.09 bits per heavy atom. The molecule has 0 bridgehead atoms. The van der Waals surface area contributed by atoms with Gasteiger partial charge in [-0.1, -0.05) is 32.9 Å². The Morgan fingerprint density at radius 1 is 1.35 bits per heavy atom. The lowest BCUT2D eigenvalue weighted by atomic mass is 10.0. The zero-order chi connectivity index (χ0) is 16.1. The molecule has 0 aliphatic carbocycles. The number of aliphatic imine (C=N–C) groups is 1. The maximum atomic E-state index is 5.99. The summed E-state index contributed by atoms with van der Waals surface area (Å²) in [5.74, 6) is 1.22. The number of hydrogen-bond donors (Lipinski definition) is 2. The quantitative estimate of drug-likeness (QED) is 0.399. The highest BCUT2D eigenvalue weighted by Crippen LogP contribution is 2.21. The Morgan fingerprint density at radius 3 is 2.70 bits per heavy atom. The number of thiazole rings is 1. The van der Waals surface area contributed by atoms with Crippen LogP contribution in [0.25, 0.3) is 0 Å². The van der Waals surface area contributed by atoms with Gasteiger partial charge in [0.1, 0.15) is 0 Å². The fourth-order valence-corrected chi connectivity index (χ4v) is 2.89. The molecule has 1 unspecified atom stereocenters. The second-order valence-electron chi connectivity index (χ2n) is 5.84. The molecular weight excluding hydrogens is 419 g/mol. The first-order chi connectivity index (χ1) is 10.5. The van der Waals surface area contributed by atoms with Crippen LogP contribution in [0.5, 0.6) is 0 Å². The summed E-state index contributed by atoms with van der Waals surface area (Å²) in [6.07, 6.45) is 1.90. The summed E-state index contributed by atoms with van der Waals surface area (Å²) in [4.78, 5) is 10.1. The van der Waals surface area contributed by atoms with Crippen molar-refractivity contribution in [3.63, 3.8) is 0 Å². The van der Waals surface area contributed by atoms with Crippen molar-refractivity contribution in [3.05, 3.63) is 45.9 Å². The lowest BCUT2D eigenvalue weighted by molar-refractivity contribution is 0.766. The van der Waals surface area contributed by atoms with Crippen LogP contribution >= 0.6 is 35.3 Å². The molecule has 0 amide bonds. The van der Waals surface area contributed by atoms with Gasteiger partial charge in [-0.05, 0) is 30.5 Å². The third-order valence-corrected chi connectivity index (χ3v) is 4.57. The number of guanidine groups is 1. The van der Waals surface area contributed by atoms with E-state index in [2.05, 4.69) is 55.1 Å². The van der Waals surface area contributed by atoms with E-state index in [0.29, 0.717) is 18.4 Å². The molecule has 0 saturated carbocycles. The molecule has 0 spiro atoms. The second kappa shape index (κ2) is 9.22. The molecule has 0 saturated heterocycles. The molecule has 2 aromatic rings. The number of benzene rings is 1. The monoisotopic (exact) mass is 444 g/mol. The largest absolute Gasteiger partial charge is 0.370 e. The average molecular weight is 444 g/mol. The molecule has 0 aliphatic rings. The van der Waals surface area contributed by atoms with E-state index in [0.717, 1.165) is 10.7 Å². The summed E-state index contributed by atoms with van der Waals surface area (Å²) in [5.41, 5.74) is 8.24. The van der Waals surface area contributed by atoms with E-state index >= 15 is 0 Å². The summed E-state index contributed by atoms with van der Waals surface area (Å²) in [7, 11) is 0. The van der Waals surface area contributed by atoms with Crippen molar-refractivity contribution in [2.45, 2.75) is 39.5 Å². The van der Waals surface area contributed by atoms with Gasteiger partial charge < -0.3 is 11.1 Å². The number of nitrogens with two attached hydrogens (primary N) is 1. The predicted molar refractivity (Wildman–Crippen MR) is 111 cm³/mol. The average Bonchev–Trinajstić information content (AvgIpc) is 2.91. The minimum absolute atomic E-state index is 0. The van der Waals surface area contributed by atoms with E-state index in [1.807, 2.05) is 18.3 Å². The molecule has 0 radical (unpaired) electrons. The third kappa shape index (κ3) is 6.10. The van der Waals surface area contributed by atoms with Gasteiger partial charge in [0.25, 0.3) is 0 Å². The first-order valence-electron chi connectivity index (χ1n) is 7.55. The molecule has 2 rings (SSSR count). The molecule has 1 aromatic carbocycles. The maximum Gasteiger partial charge on any atom is 0.193 e. The van der Waals surface area contributed by atoms with Crippen LogP contribution in [0.3, 0.4) is 0 Å². The summed E-state index contributed by atoms with van der Waals surface area (Å²) >= 11 is 1.72. The highest BCUT2D eigenvalue weighted by atomic mass is 127. The fourth-order valence-electron chi connectivity index (χ4n) is 2.08. The minimum Gasteiger partial charge on any atom is -0.370 e. The van der Waals surface area contributed by atoms with Gasteiger partial charge >= 0.3 is 0 Å². The normalized spacial score (nSPS) is 12.8. The van der Waals surface area contributed by atoms with Gasteiger partial charge in [-0.15, -0.1) is 35.3 Å². The number of hydrogen-bond acceptors (Lipinski definition) is 3. The summed E-state index contributed by atoms with van der Waals surface area (Å²) in [6.45, 7) is 9.17. The molecule has 4 nitrogen and oxygen atoms in total. The first-order valence-corrected chi connectivity index (χ1v) is 8.36. The molecule has 1 heterocycles. The van der Waals surface area contributed by atoms with Gasteiger partial charge in [-0.2, -0.15) is 0 Å². The van der Waals surface area contributed by atoms with Gasteiger partial charge in [-0.3, -0.25) is 4.99 Å². The van der Waals surface area contributed by atoms with Gasteiger partial charge in [-0.25, -0.2) is 4.98 Å². The number of nitrogens with zero attached hydrogens (tertiary/aromatic N) is 2. The van der Waals surface area contributed by atoms with E-state index in [1.165, 1.54) is 10.4 Å². The van der Waals surface area contributed by atoms with Crippen LogP contribution in [-0.4, -0.2) is 17.5 Å². The zero-order valence-corrected chi connectivity index (χ0v) is 17.2. The number of aromatic nitrogens is 1. The zero-order valence-electron chi connectivity index (χ0n) is 14.0. The van der Waals surface area contributed by atoms with E-state index < -0.39 is 0 Å². The number of anilines is 1. The van der Waals surface area contributed by atoms with Crippen molar-refractivity contribution in [2.24, 2.45) is 10.7 Å². The Hall–Kier alpha value is -1.15. The van der Waals surface area contributed by atoms with Crippen LogP contribution in [0.15, 0.2) is 35.5 Å². The maximum absolute atomic E-state index is 5.99. The minimum atomic E-state index is 0. The first kappa shape index (κ1) is 19.9. The third-order valence-electron chi connectivity index (χ3n) is 3.42. The molecule has 23 heavy (non-hydrogen) atoms. The molecule has 126 valence electrons. The SMILES string of the molecule is Cc1cnc(C(C)CN=C(N)Nc2cccc(C(C)C)c2)s1.I. The Bertz CT molecular complexity index is 652. The summed E-state index contributed by atoms with van der Waals surface area (Å²) < 4.78 is 0. The van der Waals surface area contributed by atoms with Crippen molar-refractivity contribution in [1.82, 2.24) is 4.98 Å². The fraction of sp³-hybridized carbons (Fsp3) is 0.412. The van der Waals surface area contributed by atoms with E-state index in [-0.39, 0.29) is 29.9 Å². The lowest BCUT2D eigenvalue weighted by Crippen LogP contribution is -2.23. The van der Waals surface area contributed by atoms with Crippen molar-refractivity contribution in [3.8, 4) is 0 Å². The smallest absolute Gasteiger partial charge is 0.193 e. The summed E-state index contributed by atoms with van der Waals surface area (Å²) in [6, 6.07) is 8.27. The highest BCUT2D eigenvalue weighted by molar-refractivity contribution is 14.0. The molecule has 3 N–H and O–H groups in total. The van der Waals surface area contributed by atoms with Crippen molar-refractivity contribution in [2.75, 3.05) is 11.9 Å². The molecule has 0 fully saturated rings. The number of rotatable bonds is 5. The van der Waals surface area contributed by atoms with Crippen molar-refractivity contribution < 1.29 is 0 Å². The molecule has 1 atom stereocenters. The van der Waals surface area contributed by atoms with Crippen molar-refractivity contribution in [1.29, 1.82) is 0 Å². The van der Waals surface area contributed by atoms with Crippen LogP contribution in [0, 0.1) is 6.92 Å². The number of aryl methyl sites for hydroxylation is 1. The Kier molecular flexibility index (Phi) is 7.98. The molecule has 6 heteroatoms. The van der Waals surface area contributed by atoms with Crippen LogP contribution < -0.4 is 11.1 Å². The van der Waals surface area contributed by atoms with Crippen LogP contribution in [-0.2, 0) is 0 Å². The summed E-state index contributed by atoms with van der Waals surface area (Å²) in [5, 5.41) is 4.27. The van der Waals surface area contributed by atoms with Crippen LogP contribution in [0.4, 0.5) is 5.69 Å².